The van der Waals surface area contributed by atoms with Crippen LogP contribution in [0.3, 0.4) is 0 Å². The van der Waals surface area contributed by atoms with Gasteiger partial charge in [0, 0.05) is 90.2 Å². The lowest BCUT2D eigenvalue weighted by atomic mass is 9.72. The molecule has 19 heteroatoms. The molecule has 0 spiro atoms. The van der Waals surface area contributed by atoms with Gasteiger partial charge in [0.2, 0.25) is 0 Å². The molecule has 1 unspecified atom stereocenters. The van der Waals surface area contributed by atoms with E-state index in [1.54, 1.807) is 30.3 Å². The summed E-state index contributed by atoms with van der Waals surface area (Å²) in [5, 5.41) is 27.9. The molecular weight excluding hydrogens is 919 g/mol. The summed E-state index contributed by atoms with van der Waals surface area (Å²) >= 11 is 7.54. The van der Waals surface area contributed by atoms with Crippen LogP contribution in [0.4, 0.5) is 17.1 Å². The number of anilines is 2. The molecule has 66 heavy (non-hydrogen) atoms. The van der Waals surface area contributed by atoms with Crippen molar-refractivity contribution in [1.29, 1.82) is 0 Å². The first kappa shape index (κ1) is 47.9. The molecular formula is C47H57ClN8O7PS2+. The molecule has 0 saturated carbocycles. The van der Waals surface area contributed by atoms with Crippen molar-refractivity contribution in [2.24, 2.45) is 5.41 Å². The number of aliphatic hydroxyl groups excluding tert-OH is 1. The van der Waals surface area contributed by atoms with Gasteiger partial charge in [-0.1, -0.05) is 54.9 Å². The van der Waals surface area contributed by atoms with Crippen LogP contribution in [0.1, 0.15) is 56.0 Å². The van der Waals surface area contributed by atoms with Crippen LogP contribution in [0.15, 0.2) is 105 Å². The minimum Gasteiger partial charge on any atom is -0.376 e. The minimum atomic E-state index is -4.60. The highest BCUT2D eigenvalue weighted by Gasteiger charge is 2.38. The number of pyridine rings is 1. The number of fused-ring (bicyclic) bond motifs is 1. The van der Waals surface area contributed by atoms with Crippen molar-refractivity contribution < 1.29 is 28.1 Å². The van der Waals surface area contributed by atoms with E-state index in [0.29, 0.717) is 36.0 Å². The van der Waals surface area contributed by atoms with Gasteiger partial charge in [0.1, 0.15) is 25.1 Å². The van der Waals surface area contributed by atoms with Gasteiger partial charge >= 0.3 is 0 Å². The first-order chi connectivity index (χ1) is 31.3. The van der Waals surface area contributed by atoms with Crippen molar-refractivity contribution in [3.05, 3.63) is 117 Å². The maximum Gasteiger partial charge on any atom is 0.293 e. The van der Waals surface area contributed by atoms with Crippen molar-refractivity contribution in [3.63, 3.8) is 0 Å². The highest BCUT2D eigenvalue weighted by atomic mass is 35.5. The topological polar surface area (TPSA) is 197 Å². The van der Waals surface area contributed by atoms with E-state index >= 15 is 0 Å². The molecule has 0 radical (unpaired) electrons. The quantitative estimate of drug-likeness (QED) is 0.0406. The minimum absolute atomic E-state index is 0.00856. The van der Waals surface area contributed by atoms with Crippen molar-refractivity contribution >= 4 is 80.5 Å². The Bertz CT molecular complexity index is 2750. The number of aliphatic hydroxyl groups is 1. The lowest BCUT2D eigenvalue weighted by molar-refractivity contribution is -0.384. The Morgan fingerprint density at radius 2 is 1.76 bits per heavy atom. The molecule has 4 heterocycles. The first-order valence-electron chi connectivity index (χ1n) is 22.1. The zero-order chi connectivity index (χ0) is 47.0. The summed E-state index contributed by atoms with van der Waals surface area (Å²) < 4.78 is 29.8. The number of amides is 1. The van der Waals surface area contributed by atoms with Gasteiger partial charge in [0.05, 0.1) is 40.4 Å². The second kappa shape index (κ2) is 19.6. The van der Waals surface area contributed by atoms with E-state index in [4.69, 9.17) is 11.6 Å². The fraction of sp³-hybridized carbons (Fsp3) is 0.404. The fourth-order valence-electron chi connectivity index (χ4n) is 8.98. The molecule has 2 saturated heterocycles. The monoisotopic (exact) mass is 975 g/mol. The number of halogens is 1. The number of carbonyl (C=O) groups excluding carboxylic acids is 1. The van der Waals surface area contributed by atoms with Crippen LogP contribution in [-0.4, -0.2) is 126 Å². The lowest BCUT2D eigenvalue weighted by Gasteiger charge is -2.39. The van der Waals surface area contributed by atoms with Gasteiger partial charge in [-0.25, -0.2) is 18.1 Å². The molecule has 15 nitrogen and oxygen atoms in total. The Kier molecular flexibility index (Phi) is 14.2. The van der Waals surface area contributed by atoms with E-state index in [1.165, 1.54) is 40.6 Å². The fourth-order valence-corrected chi connectivity index (χ4v) is 12.7. The average Bonchev–Trinajstić information content (AvgIpc) is 3.75. The second-order valence-electron chi connectivity index (χ2n) is 18.6. The highest BCUT2D eigenvalue weighted by molar-refractivity contribution is 7.99. The summed E-state index contributed by atoms with van der Waals surface area (Å²) in [6.45, 7) is 13.2. The Labute approximate surface area is 395 Å². The van der Waals surface area contributed by atoms with Crippen LogP contribution in [-0.2, 0) is 10.0 Å². The molecule has 3 aromatic carbocycles. The number of sulfonamides is 1. The molecule has 1 aliphatic carbocycles. The van der Waals surface area contributed by atoms with Gasteiger partial charge in [0.25, 0.3) is 21.6 Å². The van der Waals surface area contributed by atoms with E-state index in [9.17, 15) is 33.3 Å². The molecule has 0 bridgehead atoms. The Morgan fingerprint density at radius 1 is 1.03 bits per heavy atom. The standard InChI is InChI=1S/C47H56ClN8O7PS2/c1-31(46(58)55-21-23-64(4,61)24-22-55)51-41-12-10-38(27-42(41)56(59)60)66(62,63)52-45(57)39-11-9-36(26-43(39)65-37-25-33-14-16-49-44(33)50-29-37)54-19-17-53(18-20-54)30-34-13-15-47(2,3)28-40(34)32-5-7-35(48)8-6-32/h5-12,14,16,25-27,29,31,46,51,58,61H,13,15,17-24,28,30H2,1-4H3,(H-,49,50,52,57)/p+1/t31?,46-/m0/s1. The molecule has 2 aromatic heterocycles. The van der Waals surface area contributed by atoms with E-state index in [0.717, 1.165) is 79.0 Å². The predicted molar refractivity (Wildman–Crippen MR) is 265 cm³/mol. The van der Waals surface area contributed by atoms with Crippen LogP contribution in [0, 0.1) is 15.5 Å². The van der Waals surface area contributed by atoms with Gasteiger partial charge in [-0.15, -0.1) is 0 Å². The zero-order valence-corrected chi connectivity index (χ0v) is 40.8. The van der Waals surface area contributed by atoms with Gasteiger partial charge in [-0.2, -0.15) is 0 Å². The van der Waals surface area contributed by atoms with E-state index in [2.05, 4.69) is 55.8 Å². The molecule has 350 valence electrons. The summed E-state index contributed by atoms with van der Waals surface area (Å²) in [7, 11) is -6.60. The number of H-pyrrole nitrogens is 1. The molecule has 1 amide bonds. The van der Waals surface area contributed by atoms with Gasteiger partial charge in [-0.05, 0) is 97.3 Å². The summed E-state index contributed by atoms with van der Waals surface area (Å²) in [5.41, 5.74) is 5.52. The normalized spacial score (nSPS) is 19.1. The molecule has 5 aromatic rings. The number of aromatic nitrogens is 2. The number of aromatic amines is 1. The molecule has 8 rings (SSSR count). The van der Waals surface area contributed by atoms with E-state index < -0.39 is 51.2 Å². The van der Waals surface area contributed by atoms with Crippen LogP contribution >= 0.6 is 30.9 Å². The molecule has 2 atom stereocenters. The molecule has 2 aliphatic heterocycles. The zero-order valence-electron chi connectivity index (χ0n) is 37.5. The summed E-state index contributed by atoms with van der Waals surface area (Å²) in [6, 6.07) is 20.0. The highest BCUT2D eigenvalue weighted by Crippen LogP contribution is 2.52. The third-order valence-corrected chi connectivity index (χ3v) is 17.9. The number of nitro benzene ring substituents is 1. The van der Waals surface area contributed by atoms with Crippen molar-refractivity contribution in [2.45, 2.75) is 67.0 Å². The van der Waals surface area contributed by atoms with Crippen molar-refractivity contribution in [1.82, 2.24) is 24.5 Å². The van der Waals surface area contributed by atoms with Crippen LogP contribution in [0.5, 0.6) is 0 Å². The van der Waals surface area contributed by atoms with Crippen molar-refractivity contribution in [2.75, 3.05) is 75.0 Å². The number of carbonyl (C=O) groups is 1. The third kappa shape index (κ3) is 11.2. The van der Waals surface area contributed by atoms with E-state index in [-0.39, 0.29) is 16.7 Å². The average molecular weight is 977 g/mol. The number of benzene rings is 3. The largest absolute Gasteiger partial charge is 0.376 e. The number of nitro groups is 1. The Morgan fingerprint density at radius 3 is 2.47 bits per heavy atom. The smallest absolute Gasteiger partial charge is 0.293 e. The second-order valence-corrected chi connectivity index (χ2v) is 25.4. The van der Waals surface area contributed by atoms with Gasteiger partial charge in [-0.3, -0.25) is 29.6 Å². The summed E-state index contributed by atoms with van der Waals surface area (Å²) in [5.74, 6) is -0.894. The van der Waals surface area contributed by atoms with Crippen LogP contribution in [0.2, 0.25) is 5.02 Å². The third-order valence-electron chi connectivity index (χ3n) is 13.0. The first-order valence-corrected chi connectivity index (χ1v) is 27.4. The van der Waals surface area contributed by atoms with Gasteiger partial charge < -0.3 is 20.3 Å². The Hall–Kier alpha value is -4.58. The maximum absolute atomic E-state index is 14.1. The number of piperazine rings is 1. The van der Waals surface area contributed by atoms with Crippen LogP contribution < -0.4 is 14.9 Å². The molecule has 5 N–H and O–H groups in total. The number of nitrogens with one attached hydrogen (secondary N) is 3. The summed E-state index contributed by atoms with van der Waals surface area (Å²) in [6.07, 6.45) is 6.82. The number of allylic oxidation sites excluding steroid dienone is 1. The van der Waals surface area contributed by atoms with E-state index in [1.807, 2.05) is 43.1 Å². The molecule has 2 fully saturated rings. The number of hydrogen-bond donors (Lipinski definition) is 5. The summed E-state index contributed by atoms with van der Waals surface area (Å²) in [4.78, 5) is 51.1. The maximum atomic E-state index is 14.1. The molecule has 3 aliphatic rings. The lowest BCUT2D eigenvalue weighted by Crippen LogP contribution is -2.50. The number of nitrogens with zero attached hydrogens (tertiary/aromatic N) is 5. The van der Waals surface area contributed by atoms with Crippen molar-refractivity contribution in [3.8, 4) is 0 Å². The predicted octanol–water partition coefficient (Wildman–Crippen LogP) is 8.17. The Balaban J connectivity index is 0.993. The number of hydrogen-bond acceptors (Lipinski definition) is 13. The number of rotatable bonds is 14. The van der Waals surface area contributed by atoms with Gasteiger partial charge in [0.15, 0.2) is 0 Å². The van der Waals surface area contributed by atoms with Crippen LogP contribution in [0.25, 0.3) is 16.6 Å². The SMILES string of the molecule is CC(Nc1ccc(S(=O)(=O)NC(=O)c2ccc(N3CCN(CC4=C(c5ccc(Cl)cc5)CC(C)(C)CC4)CC3)cc2Sc2cnc3[nH]ccc3c2)cc1[N+](=O)[O-])[C@H](O)N1CC[P+](C)(O)CC1.